The van der Waals surface area contributed by atoms with Crippen LogP contribution in [0.1, 0.15) is 15.9 Å². The number of nitrogens with one attached hydrogen (secondary N) is 1. The average molecular weight is 405 g/mol. The van der Waals surface area contributed by atoms with Gasteiger partial charge < -0.3 is 10.1 Å². The molecular formula is C19H15BrClNO2. The molecule has 0 spiro atoms. The lowest BCUT2D eigenvalue weighted by molar-refractivity contribution is 0.0951. The number of hydrogen-bond acceptors (Lipinski definition) is 2. The highest BCUT2D eigenvalue weighted by Crippen LogP contribution is 2.30. The van der Waals surface area contributed by atoms with Crippen molar-refractivity contribution in [3.8, 4) is 5.75 Å². The molecule has 0 atom stereocenters. The van der Waals surface area contributed by atoms with Crippen molar-refractivity contribution in [1.29, 1.82) is 0 Å². The van der Waals surface area contributed by atoms with Gasteiger partial charge in [0.2, 0.25) is 0 Å². The van der Waals surface area contributed by atoms with Crippen molar-refractivity contribution >= 4 is 44.2 Å². The van der Waals surface area contributed by atoms with Gasteiger partial charge in [0.1, 0.15) is 5.75 Å². The second-order valence-electron chi connectivity index (χ2n) is 5.30. The molecule has 24 heavy (non-hydrogen) atoms. The molecule has 122 valence electrons. The summed E-state index contributed by atoms with van der Waals surface area (Å²) in [7, 11) is 1.63. The lowest BCUT2D eigenvalue weighted by Gasteiger charge is -2.13. The highest BCUT2D eigenvalue weighted by molar-refractivity contribution is 9.10. The summed E-state index contributed by atoms with van der Waals surface area (Å²) in [4.78, 5) is 12.3. The van der Waals surface area contributed by atoms with Crippen LogP contribution in [0.2, 0.25) is 5.02 Å². The second kappa shape index (κ2) is 7.24. The van der Waals surface area contributed by atoms with Gasteiger partial charge in [-0.3, -0.25) is 4.79 Å². The molecule has 0 fully saturated rings. The van der Waals surface area contributed by atoms with E-state index < -0.39 is 0 Å². The quantitative estimate of drug-likeness (QED) is 0.649. The van der Waals surface area contributed by atoms with Crippen LogP contribution < -0.4 is 10.1 Å². The predicted molar refractivity (Wildman–Crippen MR) is 101 cm³/mol. The average Bonchev–Trinajstić information content (AvgIpc) is 2.59. The lowest BCUT2D eigenvalue weighted by Crippen LogP contribution is -2.23. The van der Waals surface area contributed by atoms with Gasteiger partial charge in [0.05, 0.1) is 7.11 Å². The summed E-state index contributed by atoms with van der Waals surface area (Å²) < 4.78 is 6.47. The maximum atomic E-state index is 12.3. The fourth-order valence-electron chi connectivity index (χ4n) is 2.59. The van der Waals surface area contributed by atoms with Crippen LogP contribution in [-0.4, -0.2) is 13.0 Å². The Morgan fingerprint density at radius 1 is 1.12 bits per heavy atom. The van der Waals surface area contributed by atoms with Crippen molar-refractivity contribution in [2.45, 2.75) is 6.54 Å². The number of carbonyl (C=O) groups is 1. The molecule has 0 aromatic heterocycles. The van der Waals surface area contributed by atoms with Crippen LogP contribution in [0.3, 0.4) is 0 Å². The van der Waals surface area contributed by atoms with Gasteiger partial charge in [-0.1, -0.05) is 39.7 Å². The van der Waals surface area contributed by atoms with Crippen molar-refractivity contribution in [3.63, 3.8) is 0 Å². The number of amides is 1. The highest BCUT2D eigenvalue weighted by atomic mass is 79.9. The fourth-order valence-corrected chi connectivity index (χ4v) is 3.10. The summed E-state index contributed by atoms with van der Waals surface area (Å²) in [6.07, 6.45) is 0. The van der Waals surface area contributed by atoms with E-state index in [0.29, 0.717) is 17.1 Å². The molecule has 0 saturated carbocycles. The Bertz CT molecular complexity index is 894. The number of rotatable bonds is 4. The smallest absolute Gasteiger partial charge is 0.251 e. The molecule has 1 amide bonds. The third kappa shape index (κ3) is 3.55. The molecule has 3 aromatic rings. The van der Waals surface area contributed by atoms with E-state index in [1.807, 2.05) is 30.3 Å². The predicted octanol–water partition coefficient (Wildman–Crippen LogP) is 5.19. The Morgan fingerprint density at radius 2 is 1.88 bits per heavy atom. The first kappa shape index (κ1) is 16.8. The van der Waals surface area contributed by atoms with E-state index in [1.54, 1.807) is 31.4 Å². The van der Waals surface area contributed by atoms with E-state index >= 15 is 0 Å². The van der Waals surface area contributed by atoms with Crippen molar-refractivity contribution in [3.05, 3.63) is 75.2 Å². The molecule has 0 bridgehead atoms. The Kier molecular flexibility index (Phi) is 5.07. The molecule has 0 radical (unpaired) electrons. The molecule has 0 aliphatic heterocycles. The normalized spacial score (nSPS) is 10.6. The van der Waals surface area contributed by atoms with Crippen molar-refractivity contribution in [2.24, 2.45) is 0 Å². The van der Waals surface area contributed by atoms with E-state index in [0.717, 1.165) is 26.6 Å². The van der Waals surface area contributed by atoms with E-state index in [1.165, 1.54) is 0 Å². The molecule has 1 N–H and O–H groups in total. The zero-order valence-corrected chi connectivity index (χ0v) is 15.3. The number of carbonyl (C=O) groups excluding carboxylic acids is 1. The van der Waals surface area contributed by atoms with Crippen LogP contribution >= 0.6 is 27.5 Å². The third-order valence-electron chi connectivity index (χ3n) is 3.80. The van der Waals surface area contributed by atoms with Gasteiger partial charge in [0.15, 0.2) is 0 Å². The fraction of sp³-hybridized carbons (Fsp3) is 0.105. The number of ether oxygens (including phenoxy) is 1. The van der Waals surface area contributed by atoms with E-state index in [2.05, 4.69) is 21.2 Å². The van der Waals surface area contributed by atoms with Gasteiger partial charge >= 0.3 is 0 Å². The van der Waals surface area contributed by atoms with E-state index in [-0.39, 0.29) is 5.91 Å². The van der Waals surface area contributed by atoms with Gasteiger partial charge in [-0.05, 0) is 53.2 Å². The number of benzene rings is 3. The molecule has 3 aromatic carbocycles. The number of hydrogen-bond donors (Lipinski definition) is 1. The highest BCUT2D eigenvalue weighted by Gasteiger charge is 2.11. The molecule has 0 saturated heterocycles. The van der Waals surface area contributed by atoms with Gasteiger partial charge in [0.25, 0.3) is 5.91 Å². The number of methoxy groups -OCH3 is 1. The first-order valence-electron chi connectivity index (χ1n) is 7.37. The Hall–Kier alpha value is -2.04. The van der Waals surface area contributed by atoms with Gasteiger partial charge in [-0.15, -0.1) is 0 Å². The molecule has 5 heteroatoms. The number of fused-ring (bicyclic) bond motifs is 1. The van der Waals surface area contributed by atoms with Crippen LogP contribution in [0.25, 0.3) is 10.8 Å². The maximum absolute atomic E-state index is 12.3. The summed E-state index contributed by atoms with van der Waals surface area (Å²) in [6.45, 7) is 0.379. The van der Waals surface area contributed by atoms with Gasteiger partial charge in [-0.25, -0.2) is 0 Å². The van der Waals surface area contributed by atoms with E-state index in [4.69, 9.17) is 16.3 Å². The van der Waals surface area contributed by atoms with Crippen molar-refractivity contribution in [2.75, 3.05) is 7.11 Å². The Balaban J connectivity index is 1.88. The molecule has 3 nitrogen and oxygen atoms in total. The third-order valence-corrected chi connectivity index (χ3v) is 4.55. The van der Waals surface area contributed by atoms with E-state index in [9.17, 15) is 4.79 Å². The van der Waals surface area contributed by atoms with Gasteiger partial charge in [-0.2, -0.15) is 0 Å². The van der Waals surface area contributed by atoms with Crippen LogP contribution in [0, 0.1) is 0 Å². The minimum absolute atomic E-state index is 0.150. The SMILES string of the molecule is COc1ccc2cc(Br)ccc2c1CNC(=O)c1ccc(Cl)cc1. The second-order valence-corrected chi connectivity index (χ2v) is 6.65. The summed E-state index contributed by atoms with van der Waals surface area (Å²) in [6, 6.07) is 16.8. The summed E-state index contributed by atoms with van der Waals surface area (Å²) in [5.74, 6) is 0.601. The molecular weight excluding hydrogens is 390 g/mol. The zero-order chi connectivity index (χ0) is 17.1. The molecule has 0 aliphatic rings. The van der Waals surface area contributed by atoms with Crippen LogP contribution in [0.15, 0.2) is 59.1 Å². The van der Waals surface area contributed by atoms with Crippen molar-refractivity contribution in [1.82, 2.24) is 5.32 Å². The minimum atomic E-state index is -0.150. The lowest BCUT2D eigenvalue weighted by atomic mass is 10.0. The largest absolute Gasteiger partial charge is 0.496 e. The maximum Gasteiger partial charge on any atom is 0.251 e. The van der Waals surface area contributed by atoms with Crippen LogP contribution in [-0.2, 0) is 6.54 Å². The molecule has 3 rings (SSSR count). The minimum Gasteiger partial charge on any atom is -0.496 e. The first-order chi connectivity index (χ1) is 11.6. The summed E-state index contributed by atoms with van der Waals surface area (Å²) in [5.41, 5.74) is 1.52. The zero-order valence-electron chi connectivity index (χ0n) is 13.0. The van der Waals surface area contributed by atoms with Gasteiger partial charge in [0, 0.05) is 27.2 Å². The summed E-state index contributed by atoms with van der Waals surface area (Å²) in [5, 5.41) is 5.68. The van der Waals surface area contributed by atoms with Crippen LogP contribution in [0.4, 0.5) is 0 Å². The Labute approximate surface area is 153 Å². The van der Waals surface area contributed by atoms with Crippen LogP contribution in [0.5, 0.6) is 5.75 Å². The monoisotopic (exact) mass is 403 g/mol. The molecule has 0 heterocycles. The topological polar surface area (TPSA) is 38.3 Å². The first-order valence-corrected chi connectivity index (χ1v) is 8.54. The number of halogens is 2. The molecule has 0 unspecified atom stereocenters. The standard InChI is InChI=1S/C19H15BrClNO2/c1-24-18-9-4-13-10-14(20)5-8-16(13)17(18)11-22-19(23)12-2-6-15(21)7-3-12/h2-10H,11H2,1H3,(H,22,23). The van der Waals surface area contributed by atoms with Crippen molar-refractivity contribution < 1.29 is 9.53 Å². The summed E-state index contributed by atoms with van der Waals surface area (Å²) >= 11 is 9.33. The Morgan fingerprint density at radius 3 is 2.58 bits per heavy atom. The molecule has 0 aliphatic carbocycles.